The largest absolute Gasteiger partial charge is 0.516 e. The first-order valence-electron chi connectivity index (χ1n) is 6.45. The van der Waals surface area contributed by atoms with Crippen LogP contribution in [0, 0.1) is 0 Å². The van der Waals surface area contributed by atoms with Gasteiger partial charge in [0.2, 0.25) is 8.32 Å². The maximum atomic E-state index is 12.1. The molecule has 0 aliphatic heterocycles. The van der Waals surface area contributed by atoms with E-state index >= 15 is 0 Å². The molecule has 0 aliphatic rings. The zero-order valence-corrected chi connectivity index (χ0v) is 13.1. The van der Waals surface area contributed by atoms with E-state index in [0.717, 1.165) is 0 Å². The van der Waals surface area contributed by atoms with Gasteiger partial charge in [-0.1, -0.05) is 18.2 Å². The number of hydrogen-bond acceptors (Lipinski definition) is 4. The molecule has 0 unspecified atom stereocenters. The number of ether oxygens (including phenoxy) is 1. The summed E-state index contributed by atoms with van der Waals surface area (Å²) in [6.07, 6.45) is 2.24. The first-order chi connectivity index (χ1) is 9.35. The highest BCUT2D eigenvalue weighted by atomic mass is 28.4. The van der Waals surface area contributed by atoms with Gasteiger partial charge in [0.25, 0.3) is 0 Å². The Kier molecular flexibility index (Phi) is 5.70. The number of rotatable bonds is 6. The van der Waals surface area contributed by atoms with Crippen molar-refractivity contribution >= 4 is 20.3 Å². The molecule has 0 atom stereocenters. The number of benzene rings is 1. The van der Waals surface area contributed by atoms with Gasteiger partial charge in [-0.15, -0.1) is 6.58 Å². The molecule has 4 nitrogen and oxygen atoms in total. The second-order valence-electron chi connectivity index (χ2n) is 5.26. The van der Waals surface area contributed by atoms with Gasteiger partial charge in [0.05, 0.1) is 17.7 Å². The van der Waals surface area contributed by atoms with E-state index < -0.39 is 20.3 Å². The van der Waals surface area contributed by atoms with Gasteiger partial charge in [-0.05, 0) is 38.2 Å². The molecule has 0 heterocycles. The van der Waals surface area contributed by atoms with Crippen LogP contribution in [0.15, 0.2) is 36.9 Å². The maximum absolute atomic E-state index is 12.1. The third-order valence-electron chi connectivity index (χ3n) is 2.32. The molecule has 1 aromatic carbocycles. The lowest BCUT2D eigenvalue weighted by Gasteiger charge is -2.18. The van der Waals surface area contributed by atoms with E-state index in [0.29, 0.717) is 6.42 Å². The average molecular weight is 292 g/mol. The van der Waals surface area contributed by atoms with E-state index in [1.807, 2.05) is 19.6 Å². The molecule has 20 heavy (non-hydrogen) atoms. The maximum Gasteiger partial charge on any atom is 0.339 e. The number of hydrogen-bond donors (Lipinski definition) is 0. The lowest BCUT2D eigenvalue weighted by atomic mass is 10.1. The van der Waals surface area contributed by atoms with Gasteiger partial charge in [-0.3, -0.25) is 0 Å². The van der Waals surface area contributed by atoms with Crippen molar-refractivity contribution in [1.29, 1.82) is 0 Å². The SMILES string of the molecule is C=CCCOC(=O)c1ccccc1C(=O)O[Si](C)(C)C. The highest BCUT2D eigenvalue weighted by molar-refractivity contribution is 6.71. The fourth-order valence-electron chi connectivity index (χ4n) is 1.48. The molecule has 0 fully saturated rings. The number of esters is 1. The Morgan fingerprint density at radius 3 is 2.20 bits per heavy atom. The van der Waals surface area contributed by atoms with Crippen molar-refractivity contribution in [2.75, 3.05) is 6.61 Å². The minimum atomic E-state index is -2.01. The predicted molar refractivity (Wildman–Crippen MR) is 80.3 cm³/mol. The van der Waals surface area contributed by atoms with Gasteiger partial charge in [0.15, 0.2) is 0 Å². The zero-order valence-electron chi connectivity index (χ0n) is 12.1. The molecule has 0 N–H and O–H groups in total. The molecule has 0 bridgehead atoms. The lowest BCUT2D eigenvalue weighted by Crippen LogP contribution is -2.30. The second-order valence-corrected chi connectivity index (χ2v) is 9.69. The predicted octanol–water partition coefficient (Wildman–Crippen LogP) is 3.41. The molecule has 0 saturated heterocycles. The third-order valence-corrected chi connectivity index (χ3v) is 3.12. The minimum Gasteiger partial charge on any atom is -0.516 e. The second kappa shape index (κ2) is 7.05. The summed E-state index contributed by atoms with van der Waals surface area (Å²) in [6, 6.07) is 6.53. The first-order valence-corrected chi connectivity index (χ1v) is 9.86. The molecular weight excluding hydrogens is 272 g/mol. The van der Waals surface area contributed by atoms with Crippen LogP contribution in [-0.4, -0.2) is 26.9 Å². The Balaban J connectivity index is 2.90. The van der Waals surface area contributed by atoms with E-state index in [2.05, 4.69) is 6.58 Å². The van der Waals surface area contributed by atoms with E-state index in [1.54, 1.807) is 30.3 Å². The molecule has 0 spiro atoms. The quantitative estimate of drug-likeness (QED) is 0.349. The van der Waals surface area contributed by atoms with Crippen LogP contribution in [-0.2, 0) is 9.16 Å². The Bertz CT molecular complexity index is 503. The van der Waals surface area contributed by atoms with Crippen LogP contribution in [0.5, 0.6) is 0 Å². The van der Waals surface area contributed by atoms with E-state index in [4.69, 9.17) is 9.16 Å². The summed E-state index contributed by atoms with van der Waals surface area (Å²) in [5.74, 6) is -0.990. The molecule has 0 radical (unpaired) electrons. The van der Waals surface area contributed by atoms with Crippen molar-refractivity contribution in [2.24, 2.45) is 0 Å². The summed E-state index contributed by atoms with van der Waals surface area (Å²) < 4.78 is 10.5. The fraction of sp³-hybridized carbons (Fsp3) is 0.333. The van der Waals surface area contributed by atoms with Crippen LogP contribution in [0.1, 0.15) is 27.1 Å². The fourth-order valence-corrected chi connectivity index (χ4v) is 2.15. The van der Waals surface area contributed by atoms with Crippen LogP contribution in [0.3, 0.4) is 0 Å². The summed E-state index contributed by atoms with van der Waals surface area (Å²) in [5.41, 5.74) is 0.485. The van der Waals surface area contributed by atoms with Crippen molar-refractivity contribution in [2.45, 2.75) is 26.1 Å². The summed E-state index contributed by atoms with van der Waals surface area (Å²) >= 11 is 0. The van der Waals surface area contributed by atoms with E-state index in [-0.39, 0.29) is 17.7 Å². The van der Waals surface area contributed by atoms with Gasteiger partial charge in [-0.2, -0.15) is 0 Å². The molecule has 0 amide bonds. The molecule has 0 aliphatic carbocycles. The van der Waals surface area contributed by atoms with Gasteiger partial charge in [-0.25, -0.2) is 9.59 Å². The minimum absolute atomic E-state index is 0.236. The lowest BCUT2D eigenvalue weighted by molar-refractivity contribution is 0.0502. The van der Waals surface area contributed by atoms with Crippen molar-refractivity contribution in [3.63, 3.8) is 0 Å². The highest BCUT2D eigenvalue weighted by Crippen LogP contribution is 2.15. The first kappa shape index (κ1) is 16.2. The highest BCUT2D eigenvalue weighted by Gasteiger charge is 2.24. The zero-order chi connectivity index (χ0) is 15.2. The monoisotopic (exact) mass is 292 g/mol. The van der Waals surface area contributed by atoms with Crippen LogP contribution in [0.4, 0.5) is 0 Å². The van der Waals surface area contributed by atoms with Crippen molar-refractivity contribution in [3.05, 3.63) is 48.0 Å². The summed E-state index contributed by atoms with van der Waals surface area (Å²) in [6.45, 7) is 9.54. The Hall–Kier alpha value is -1.88. The van der Waals surface area contributed by atoms with Crippen molar-refractivity contribution in [3.8, 4) is 0 Å². The summed E-state index contributed by atoms with van der Waals surface area (Å²) in [5, 5.41) is 0. The van der Waals surface area contributed by atoms with Gasteiger partial charge in [0.1, 0.15) is 0 Å². The molecule has 1 rings (SSSR count). The van der Waals surface area contributed by atoms with Crippen LogP contribution in [0.2, 0.25) is 19.6 Å². The smallest absolute Gasteiger partial charge is 0.339 e. The molecule has 5 heteroatoms. The Morgan fingerprint density at radius 2 is 1.70 bits per heavy atom. The van der Waals surface area contributed by atoms with Crippen LogP contribution >= 0.6 is 0 Å². The molecule has 1 aromatic rings. The van der Waals surface area contributed by atoms with Crippen molar-refractivity contribution < 1.29 is 18.8 Å². The third kappa shape index (κ3) is 5.01. The number of carbonyl (C=O) groups excluding carboxylic acids is 2. The van der Waals surface area contributed by atoms with Gasteiger partial charge < -0.3 is 9.16 Å². The van der Waals surface area contributed by atoms with Crippen LogP contribution < -0.4 is 0 Å². The van der Waals surface area contributed by atoms with Gasteiger partial charge >= 0.3 is 11.9 Å². The van der Waals surface area contributed by atoms with E-state index in [1.165, 1.54) is 0 Å². The molecule has 108 valence electrons. The van der Waals surface area contributed by atoms with Crippen molar-refractivity contribution in [1.82, 2.24) is 0 Å². The molecule has 0 saturated carbocycles. The van der Waals surface area contributed by atoms with Gasteiger partial charge in [0, 0.05) is 0 Å². The summed E-state index contributed by atoms with van der Waals surface area (Å²) in [4.78, 5) is 24.1. The standard InChI is InChI=1S/C15H20O4Si/c1-5-6-11-18-14(16)12-9-7-8-10-13(12)15(17)19-20(2,3)4/h5,7-10H,1,6,11H2,2-4H3. The molecular formula is C15H20O4Si. The Labute approximate surface area is 120 Å². The normalized spacial score (nSPS) is 10.8. The average Bonchev–Trinajstić information content (AvgIpc) is 2.37. The van der Waals surface area contributed by atoms with E-state index in [9.17, 15) is 9.59 Å². The molecule has 0 aromatic heterocycles. The summed E-state index contributed by atoms with van der Waals surface area (Å²) in [7, 11) is -2.01. The topological polar surface area (TPSA) is 52.6 Å². The van der Waals surface area contributed by atoms with Crippen LogP contribution in [0.25, 0.3) is 0 Å². The Morgan fingerprint density at radius 1 is 1.15 bits per heavy atom. The number of carbonyl (C=O) groups is 2.